The van der Waals surface area contributed by atoms with Crippen LogP contribution in [0.25, 0.3) is 10.9 Å². The van der Waals surface area contributed by atoms with Crippen molar-refractivity contribution in [2.24, 2.45) is 0 Å². The number of aromatic amines is 1. The van der Waals surface area contributed by atoms with Crippen LogP contribution >= 0.6 is 23.4 Å². The van der Waals surface area contributed by atoms with Crippen molar-refractivity contribution in [2.45, 2.75) is 5.25 Å². The van der Waals surface area contributed by atoms with Gasteiger partial charge in [0.2, 0.25) is 0 Å². The van der Waals surface area contributed by atoms with Gasteiger partial charge in [0.05, 0.1) is 11.1 Å². The number of aromatic nitrogens is 1. The van der Waals surface area contributed by atoms with E-state index in [4.69, 9.17) is 16.9 Å². The van der Waals surface area contributed by atoms with E-state index in [2.05, 4.69) is 11.1 Å². The van der Waals surface area contributed by atoms with Gasteiger partial charge in [-0.3, -0.25) is 0 Å². The van der Waals surface area contributed by atoms with Crippen LogP contribution in [-0.2, 0) is 0 Å². The standard InChI is InChI=1S/C11H9ClN2S/c1-15-10(5-13)7-6-14-9-4-2-3-8(12)11(7)9/h2-4,6,10,14H,1H3. The first-order chi connectivity index (χ1) is 7.27. The second kappa shape index (κ2) is 4.18. The molecule has 0 amide bonds. The molecule has 0 spiro atoms. The molecule has 1 aromatic heterocycles. The lowest BCUT2D eigenvalue weighted by Crippen LogP contribution is -1.87. The number of fused-ring (bicyclic) bond motifs is 1. The highest BCUT2D eigenvalue weighted by Crippen LogP contribution is 2.35. The first-order valence-corrected chi connectivity index (χ1v) is 6.12. The van der Waals surface area contributed by atoms with Gasteiger partial charge in [-0.1, -0.05) is 17.7 Å². The Labute approximate surface area is 97.2 Å². The summed E-state index contributed by atoms with van der Waals surface area (Å²) < 4.78 is 0. The number of rotatable bonds is 2. The topological polar surface area (TPSA) is 39.6 Å². The van der Waals surface area contributed by atoms with Crippen LogP contribution in [-0.4, -0.2) is 11.2 Å². The highest BCUT2D eigenvalue weighted by atomic mass is 35.5. The maximum Gasteiger partial charge on any atom is 0.118 e. The fraction of sp³-hybridized carbons (Fsp3) is 0.182. The van der Waals surface area contributed by atoms with Crippen LogP contribution in [0.15, 0.2) is 24.4 Å². The van der Waals surface area contributed by atoms with E-state index in [0.29, 0.717) is 5.02 Å². The monoisotopic (exact) mass is 236 g/mol. The maximum absolute atomic E-state index is 9.02. The molecule has 0 fully saturated rings. The summed E-state index contributed by atoms with van der Waals surface area (Å²) in [7, 11) is 0. The van der Waals surface area contributed by atoms with E-state index in [0.717, 1.165) is 16.5 Å². The van der Waals surface area contributed by atoms with Crippen LogP contribution in [0, 0.1) is 11.3 Å². The smallest absolute Gasteiger partial charge is 0.118 e. The minimum Gasteiger partial charge on any atom is -0.361 e. The molecule has 1 heterocycles. The average Bonchev–Trinajstić information content (AvgIpc) is 2.66. The van der Waals surface area contributed by atoms with E-state index in [9.17, 15) is 0 Å². The van der Waals surface area contributed by atoms with E-state index in [1.807, 2.05) is 30.7 Å². The van der Waals surface area contributed by atoms with Crippen LogP contribution in [0.2, 0.25) is 5.02 Å². The van der Waals surface area contributed by atoms with E-state index < -0.39 is 0 Å². The molecule has 0 aliphatic rings. The Balaban J connectivity index is 2.68. The number of halogens is 1. The molecule has 2 aromatic rings. The molecular formula is C11H9ClN2S. The molecule has 15 heavy (non-hydrogen) atoms. The molecule has 1 aromatic carbocycles. The maximum atomic E-state index is 9.02. The number of hydrogen-bond donors (Lipinski definition) is 1. The molecule has 0 aliphatic heterocycles. The van der Waals surface area contributed by atoms with Crippen molar-refractivity contribution in [3.8, 4) is 6.07 Å². The molecule has 4 heteroatoms. The molecular weight excluding hydrogens is 228 g/mol. The number of H-pyrrole nitrogens is 1. The second-order valence-corrected chi connectivity index (χ2v) is 4.50. The fourth-order valence-electron chi connectivity index (χ4n) is 1.62. The highest BCUT2D eigenvalue weighted by Gasteiger charge is 2.15. The first-order valence-electron chi connectivity index (χ1n) is 4.46. The van der Waals surface area contributed by atoms with Gasteiger partial charge >= 0.3 is 0 Å². The average molecular weight is 237 g/mol. The molecule has 0 radical (unpaired) electrons. The predicted octanol–water partition coefficient (Wildman–Crippen LogP) is 3.75. The van der Waals surface area contributed by atoms with E-state index in [-0.39, 0.29) is 5.25 Å². The Kier molecular flexibility index (Phi) is 2.90. The van der Waals surface area contributed by atoms with Crippen molar-refractivity contribution in [1.82, 2.24) is 4.98 Å². The lowest BCUT2D eigenvalue weighted by atomic mass is 10.1. The number of benzene rings is 1. The summed E-state index contributed by atoms with van der Waals surface area (Å²) >= 11 is 7.63. The Morgan fingerprint density at radius 2 is 2.33 bits per heavy atom. The minimum atomic E-state index is -0.168. The zero-order chi connectivity index (χ0) is 10.8. The molecule has 0 bridgehead atoms. The fourth-order valence-corrected chi connectivity index (χ4v) is 2.45. The van der Waals surface area contributed by atoms with E-state index >= 15 is 0 Å². The molecule has 0 saturated carbocycles. The largest absolute Gasteiger partial charge is 0.361 e. The van der Waals surface area contributed by atoms with Gasteiger partial charge in [-0.25, -0.2) is 0 Å². The number of hydrogen-bond acceptors (Lipinski definition) is 2. The van der Waals surface area contributed by atoms with Crippen molar-refractivity contribution in [2.75, 3.05) is 6.26 Å². The third kappa shape index (κ3) is 1.71. The van der Waals surface area contributed by atoms with E-state index in [1.165, 1.54) is 11.8 Å². The molecule has 1 N–H and O–H groups in total. The van der Waals surface area contributed by atoms with Gasteiger partial charge in [-0.05, 0) is 18.4 Å². The van der Waals surface area contributed by atoms with Gasteiger partial charge in [0.25, 0.3) is 0 Å². The van der Waals surface area contributed by atoms with Crippen LogP contribution in [0.1, 0.15) is 10.8 Å². The molecule has 0 aliphatic carbocycles. The molecule has 1 unspecified atom stereocenters. The van der Waals surface area contributed by atoms with Gasteiger partial charge in [0.1, 0.15) is 5.25 Å². The van der Waals surface area contributed by atoms with Crippen molar-refractivity contribution in [3.05, 3.63) is 35.0 Å². The van der Waals surface area contributed by atoms with Gasteiger partial charge in [-0.2, -0.15) is 5.26 Å². The number of nitrogens with zero attached hydrogens (tertiary/aromatic N) is 1. The van der Waals surface area contributed by atoms with Gasteiger partial charge in [0, 0.05) is 22.7 Å². The number of nitriles is 1. The zero-order valence-corrected chi connectivity index (χ0v) is 9.69. The minimum absolute atomic E-state index is 0.168. The Bertz CT molecular complexity index is 527. The summed E-state index contributed by atoms with van der Waals surface area (Å²) in [6.07, 6.45) is 3.78. The summed E-state index contributed by atoms with van der Waals surface area (Å²) in [5, 5.41) is 10.5. The summed E-state index contributed by atoms with van der Waals surface area (Å²) in [6, 6.07) is 7.95. The number of nitrogens with one attached hydrogen (secondary N) is 1. The van der Waals surface area contributed by atoms with E-state index in [1.54, 1.807) is 0 Å². The SMILES string of the molecule is CSC(C#N)c1c[nH]c2cccc(Cl)c12. The van der Waals surface area contributed by atoms with Crippen LogP contribution in [0.3, 0.4) is 0 Å². The van der Waals surface area contributed by atoms with Crippen LogP contribution < -0.4 is 0 Å². The summed E-state index contributed by atoms with van der Waals surface area (Å²) in [4.78, 5) is 3.13. The highest BCUT2D eigenvalue weighted by molar-refractivity contribution is 7.99. The first kappa shape index (κ1) is 10.4. The van der Waals surface area contributed by atoms with Crippen LogP contribution in [0.4, 0.5) is 0 Å². The summed E-state index contributed by atoms with van der Waals surface area (Å²) in [5.74, 6) is 0. The van der Waals surface area contributed by atoms with Crippen molar-refractivity contribution in [3.63, 3.8) is 0 Å². The summed E-state index contributed by atoms with van der Waals surface area (Å²) in [5.41, 5.74) is 1.94. The Morgan fingerprint density at radius 1 is 1.53 bits per heavy atom. The second-order valence-electron chi connectivity index (χ2n) is 3.15. The van der Waals surface area contributed by atoms with Gasteiger partial charge in [0.15, 0.2) is 0 Å². The van der Waals surface area contributed by atoms with Gasteiger partial charge in [-0.15, -0.1) is 11.8 Å². The quantitative estimate of drug-likeness (QED) is 0.863. The lowest BCUT2D eigenvalue weighted by molar-refractivity contribution is 1.24. The molecule has 2 rings (SSSR count). The molecule has 0 saturated heterocycles. The van der Waals surface area contributed by atoms with Crippen molar-refractivity contribution >= 4 is 34.3 Å². The summed E-state index contributed by atoms with van der Waals surface area (Å²) in [6.45, 7) is 0. The van der Waals surface area contributed by atoms with Crippen LogP contribution in [0.5, 0.6) is 0 Å². The normalized spacial score (nSPS) is 12.6. The molecule has 1 atom stereocenters. The predicted molar refractivity (Wildman–Crippen MR) is 65.2 cm³/mol. The zero-order valence-electron chi connectivity index (χ0n) is 8.12. The van der Waals surface area contributed by atoms with Crippen molar-refractivity contribution < 1.29 is 0 Å². The lowest BCUT2D eigenvalue weighted by Gasteiger charge is -2.04. The molecule has 2 nitrogen and oxygen atoms in total. The van der Waals surface area contributed by atoms with Gasteiger partial charge < -0.3 is 4.98 Å². The Morgan fingerprint density at radius 3 is 3.00 bits per heavy atom. The van der Waals surface area contributed by atoms with Crippen molar-refractivity contribution in [1.29, 1.82) is 5.26 Å². The third-order valence-corrected chi connectivity index (χ3v) is 3.47. The third-order valence-electron chi connectivity index (χ3n) is 2.32. The Hall–Kier alpha value is -1.11. The number of thioether (sulfide) groups is 1. The molecule has 76 valence electrons.